The summed E-state index contributed by atoms with van der Waals surface area (Å²) < 4.78 is 7.32. The van der Waals surface area contributed by atoms with Crippen LogP contribution in [0.25, 0.3) is 119 Å². The van der Waals surface area contributed by atoms with E-state index in [-0.39, 0.29) is 0 Å². The van der Waals surface area contributed by atoms with Crippen LogP contribution < -0.4 is 0 Å². The van der Waals surface area contributed by atoms with Gasteiger partial charge >= 0.3 is 0 Å². The highest BCUT2D eigenvalue weighted by Crippen LogP contribution is 2.45. The van der Waals surface area contributed by atoms with Gasteiger partial charge in [-0.05, 0) is 47.2 Å². The van der Waals surface area contributed by atoms with Crippen LogP contribution in [0.3, 0.4) is 0 Å². The minimum absolute atomic E-state index is 0.674. The van der Waals surface area contributed by atoms with Gasteiger partial charge in [0.25, 0.3) is 0 Å². The Morgan fingerprint density at radius 2 is 1.06 bits per heavy atom. The standard InChI is InChI=1S/C48H26N4S/c1-2-12-28-27(11-1)25-26-35-44(28)49-48(50-45(35)36-19-8-18-34-30-14-4-6-24-41(30)53-47(34)36)52-38-21-9-15-31-33-17-7-16-32-29-13-3-5-20-37(29)51(46(32)33)39-22-10-23-40(52)43(39)42(31)38/h1-26H. The van der Waals surface area contributed by atoms with Gasteiger partial charge in [-0.3, -0.25) is 4.57 Å². The molecule has 53 heavy (non-hydrogen) atoms. The highest BCUT2D eigenvalue weighted by atomic mass is 32.1. The van der Waals surface area contributed by atoms with Crippen LogP contribution in [0.5, 0.6) is 0 Å². The summed E-state index contributed by atoms with van der Waals surface area (Å²) in [6, 6.07) is 57.3. The Bertz CT molecular complexity index is 3700. The summed E-state index contributed by atoms with van der Waals surface area (Å²) in [4.78, 5) is 11.1. The zero-order valence-electron chi connectivity index (χ0n) is 28.2. The third-order valence-corrected chi connectivity index (χ3v) is 12.7. The number of benzene rings is 8. The fraction of sp³-hybridized carbons (Fsp3) is 0. The summed E-state index contributed by atoms with van der Waals surface area (Å²) in [5.74, 6) is 0.674. The second-order valence-corrected chi connectivity index (χ2v) is 15.1. The number of thiophene rings is 1. The van der Waals surface area contributed by atoms with Crippen molar-refractivity contribution in [2.75, 3.05) is 0 Å². The van der Waals surface area contributed by atoms with Crippen molar-refractivity contribution in [3.8, 4) is 17.2 Å². The number of fused-ring (bicyclic) bond motifs is 11. The van der Waals surface area contributed by atoms with E-state index >= 15 is 0 Å². The number of hydrogen-bond acceptors (Lipinski definition) is 3. The summed E-state index contributed by atoms with van der Waals surface area (Å²) >= 11 is 1.84. The molecule has 0 aliphatic carbocycles. The Balaban J connectivity index is 1.23. The van der Waals surface area contributed by atoms with E-state index in [1.54, 1.807) is 0 Å². The fourth-order valence-electron chi connectivity index (χ4n) is 9.29. The number of hydrogen-bond donors (Lipinski definition) is 0. The molecule has 0 radical (unpaired) electrons. The van der Waals surface area contributed by atoms with E-state index in [0.29, 0.717) is 5.95 Å². The van der Waals surface area contributed by atoms with Gasteiger partial charge in [-0.15, -0.1) is 11.3 Å². The van der Waals surface area contributed by atoms with E-state index in [9.17, 15) is 0 Å². The summed E-state index contributed by atoms with van der Waals surface area (Å²) in [6.45, 7) is 0. The van der Waals surface area contributed by atoms with E-state index < -0.39 is 0 Å². The van der Waals surface area contributed by atoms with Crippen molar-refractivity contribution in [2.24, 2.45) is 0 Å². The molecule has 0 aliphatic heterocycles. The molecule has 0 amide bonds. The van der Waals surface area contributed by atoms with Gasteiger partial charge in [0.15, 0.2) is 0 Å². The Kier molecular flexibility index (Phi) is 5.22. The van der Waals surface area contributed by atoms with Gasteiger partial charge in [-0.2, -0.15) is 0 Å². The molecular formula is C48H26N4S. The van der Waals surface area contributed by atoms with Crippen molar-refractivity contribution in [3.05, 3.63) is 158 Å². The maximum atomic E-state index is 5.62. The predicted octanol–water partition coefficient (Wildman–Crippen LogP) is 13.1. The maximum absolute atomic E-state index is 5.62. The molecule has 13 rings (SSSR count). The highest BCUT2D eigenvalue weighted by molar-refractivity contribution is 7.26. The predicted molar refractivity (Wildman–Crippen MR) is 224 cm³/mol. The normalized spacial score (nSPS) is 12.5. The van der Waals surface area contributed by atoms with Crippen molar-refractivity contribution in [1.29, 1.82) is 0 Å². The van der Waals surface area contributed by atoms with Crippen molar-refractivity contribution in [3.63, 3.8) is 0 Å². The largest absolute Gasteiger partial charge is 0.308 e. The van der Waals surface area contributed by atoms with Crippen molar-refractivity contribution in [2.45, 2.75) is 0 Å². The van der Waals surface area contributed by atoms with Gasteiger partial charge in [0.1, 0.15) is 0 Å². The van der Waals surface area contributed by atoms with Crippen molar-refractivity contribution in [1.82, 2.24) is 18.9 Å². The van der Waals surface area contributed by atoms with Crippen LogP contribution in [0, 0.1) is 0 Å². The first kappa shape index (κ1) is 27.8. The van der Waals surface area contributed by atoms with Gasteiger partial charge in [0.2, 0.25) is 5.95 Å². The van der Waals surface area contributed by atoms with Crippen molar-refractivity contribution < 1.29 is 0 Å². The molecular weight excluding hydrogens is 665 g/mol. The van der Waals surface area contributed by atoms with Crippen LogP contribution in [0.2, 0.25) is 0 Å². The molecule has 0 spiro atoms. The number of para-hydroxylation sites is 2. The van der Waals surface area contributed by atoms with E-state index in [0.717, 1.165) is 44.0 Å². The number of aromatic nitrogens is 4. The third-order valence-electron chi connectivity index (χ3n) is 11.5. The number of nitrogens with zero attached hydrogens (tertiary/aromatic N) is 4. The molecule has 0 aliphatic rings. The lowest BCUT2D eigenvalue weighted by Crippen LogP contribution is -2.04. The van der Waals surface area contributed by atoms with Gasteiger partial charge in [0, 0.05) is 63.4 Å². The molecule has 4 nitrogen and oxygen atoms in total. The SMILES string of the molecule is c1ccc2c(c1)ccc1c(-c3cccc4c3sc3ccccc34)nc(-n3c4cccc5c6cccc7c8ccccc8n(c8cccc3c8c54)c67)nc12. The molecule has 5 heteroatoms. The van der Waals surface area contributed by atoms with Gasteiger partial charge in [-0.1, -0.05) is 121 Å². The first-order chi connectivity index (χ1) is 26.3. The average molecular weight is 691 g/mol. The smallest absolute Gasteiger partial charge is 0.235 e. The lowest BCUT2D eigenvalue weighted by Gasteiger charge is -2.14. The Morgan fingerprint density at radius 1 is 0.415 bits per heavy atom. The van der Waals surface area contributed by atoms with Crippen LogP contribution in [0.15, 0.2) is 158 Å². The molecule has 5 aromatic heterocycles. The Hall–Kier alpha value is -6.82. The van der Waals surface area contributed by atoms with E-state index in [4.69, 9.17) is 9.97 Å². The summed E-state index contributed by atoms with van der Waals surface area (Å²) in [7, 11) is 0. The lowest BCUT2D eigenvalue weighted by atomic mass is 10.0. The van der Waals surface area contributed by atoms with Crippen LogP contribution in [-0.2, 0) is 0 Å². The molecule has 0 saturated heterocycles. The van der Waals surface area contributed by atoms with Crippen LogP contribution in [0.1, 0.15) is 0 Å². The second kappa shape index (κ2) is 9.94. The Labute approximate surface area is 305 Å². The lowest BCUT2D eigenvalue weighted by molar-refractivity contribution is 1.02. The molecule has 0 fully saturated rings. The van der Waals surface area contributed by atoms with Crippen LogP contribution >= 0.6 is 11.3 Å². The van der Waals surface area contributed by atoms with Gasteiger partial charge in [-0.25, -0.2) is 9.97 Å². The monoisotopic (exact) mass is 690 g/mol. The van der Waals surface area contributed by atoms with Gasteiger partial charge < -0.3 is 4.40 Å². The van der Waals surface area contributed by atoms with Crippen molar-refractivity contribution >= 4 is 113 Å². The van der Waals surface area contributed by atoms with Crippen LogP contribution in [0.4, 0.5) is 0 Å². The van der Waals surface area contributed by atoms with E-state index in [1.165, 1.54) is 69.0 Å². The third kappa shape index (κ3) is 3.50. The molecule has 0 bridgehead atoms. The summed E-state index contributed by atoms with van der Waals surface area (Å²) in [6.07, 6.45) is 0. The van der Waals surface area contributed by atoms with Crippen LogP contribution in [-0.4, -0.2) is 18.9 Å². The quantitative estimate of drug-likeness (QED) is 0.169. The highest BCUT2D eigenvalue weighted by Gasteiger charge is 2.24. The average Bonchev–Trinajstić information content (AvgIpc) is 3.85. The Morgan fingerprint density at radius 3 is 1.98 bits per heavy atom. The molecule has 5 heterocycles. The first-order valence-corrected chi connectivity index (χ1v) is 18.8. The molecule has 8 aromatic carbocycles. The minimum Gasteiger partial charge on any atom is -0.308 e. The van der Waals surface area contributed by atoms with E-state index in [2.05, 4.69) is 167 Å². The summed E-state index contributed by atoms with van der Waals surface area (Å²) in [5.41, 5.74) is 8.87. The summed E-state index contributed by atoms with van der Waals surface area (Å²) in [5, 5.41) is 13.3. The fourth-order valence-corrected chi connectivity index (χ4v) is 10.5. The molecule has 0 N–H and O–H groups in total. The zero-order valence-corrected chi connectivity index (χ0v) is 29.0. The molecule has 13 aromatic rings. The number of rotatable bonds is 2. The molecule has 0 atom stereocenters. The maximum Gasteiger partial charge on any atom is 0.235 e. The molecule has 0 unspecified atom stereocenters. The van der Waals surface area contributed by atoms with Gasteiger partial charge in [0.05, 0.1) is 38.8 Å². The van der Waals surface area contributed by atoms with E-state index in [1.807, 2.05) is 11.3 Å². The molecule has 0 saturated carbocycles. The topological polar surface area (TPSA) is 35.1 Å². The molecule has 244 valence electrons. The second-order valence-electron chi connectivity index (χ2n) is 14.1. The first-order valence-electron chi connectivity index (χ1n) is 18.0. The zero-order chi connectivity index (χ0) is 34.4. The minimum atomic E-state index is 0.674.